The van der Waals surface area contributed by atoms with Crippen molar-refractivity contribution in [3.05, 3.63) is 60.4 Å². The second kappa shape index (κ2) is 6.30. The fraction of sp³-hybridized carbons (Fsp3) is 0.176. The molecule has 0 amide bonds. The molecule has 0 N–H and O–H groups in total. The summed E-state index contributed by atoms with van der Waals surface area (Å²) in [5.41, 5.74) is 1.69. The van der Waals surface area contributed by atoms with Crippen molar-refractivity contribution in [1.82, 2.24) is 9.97 Å². The summed E-state index contributed by atoms with van der Waals surface area (Å²) >= 11 is 0. The molecule has 2 aromatic heterocycles. The lowest BCUT2D eigenvalue weighted by molar-refractivity contribution is 0.262. The van der Waals surface area contributed by atoms with Gasteiger partial charge in [0.2, 0.25) is 5.89 Å². The summed E-state index contributed by atoms with van der Waals surface area (Å²) in [5, 5.41) is 0. The highest BCUT2D eigenvalue weighted by molar-refractivity contribution is 5.64. The Balaban J connectivity index is 1.75. The molecule has 112 valence electrons. The van der Waals surface area contributed by atoms with Crippen LogP contribution in [0.4, 0.5) is 0 Å². The third-order valence-electron chi connectivity index (χ3n) is 3.24. The SMILES string of the molecule is COc1ccccc1-c1cnc(COc2cccnc2C)o1. The Morgan fingerprint density at radius 3 is 2.68 bits per heavy atom. The molecule has 0 radical (unpaired) electrons. The molecule has 0 aliphatic rings. The standard InChI is InChI=1S/C17H16N2O3/c1-12-14(8-5-9-18-12)21-11-17-19-10-16(22-17)13-6-3-4-7-15(13)20-2/h3-10H,11H2,1-2H3. The van der Waals surface area contributed by atoms with Gasteiger partial charge in [-0.3, -0.25) is 4.98 Å². The molecule has 5 nitrogen and oxygen atoms in total. The molecule has 22 heavy (non-hydrogen) atoms. The largest absolute Gasteiger partial charge is 0.496 e. The maximum Gasteiger partial charge on any atom is 0.232 e. The smallest absolute Gasteiger partial charge is 0.232 e. The Hall–Kier alpha value is -2.82. The molecular formula is C17H16N2O3. The van der Waals surface area contributed by atoms with Crippen LogP contribution in [0.3, 0.4) is 0 Å². The van der Waals surface area contributed by atoms with Gasteiger partial charge < -0.3 is 13.9 Å². The Morgan fingerprint density at radius 2 is 1.86 bits per heavy atom. The minimum atomic E-state index is 0.252. The highest BCUT2D eigenvalue weighted by Gasteiger charge is 2.11. The second-order valence-corrected chi connectivity index (χ2v) is 4.69. The zero-order chi connectivity index (χ0) is 15.4. The summed E-state index contributed by atoms with van der Waals surface area (Å²) in [6, 6.07) is 11.3. The van der Waals surface area contributed by atoms with E-state index in [9.17, 15) is 0 Å². The molecule has 0 fully saturated rings. The van der Waals surface area contributed by atoms with E-state index in [-0.39, 0.29) is 6.61 Å². The molecule has 0 aliphatic heterocycles. The molecule has 0 aliphatic carbocycles. The monoisotopic (exact) mass is 296 g/mol. The van der Waals surface area contributed by atoms with Gasteiger partial charge in [0.25, 0.3) is 0 Å². The van der Waals surface area contributed by atoms with Gasteiger partial charge in [0.1, 0.15) is 11.5 Å². The number of hydrogen-bond donors (Lipinski definition) is 0. The highest BCUT2D eigenvalue weighted by atomic mass is 16.5. The summed E-state index contributed by atoms with van der Waals surface area (Å²) in [6.07, 6.45) is 3.40. The van der Waals surface area contributed by atoms with Crippen LogP contribution in [0, 0.1) is 6.92 Å². The fourth-order valence-corrected chi connectivity index (χ4v) is 2.11. The number of benzene rings is 1. The Morgan fingerprint density at radius 1 is 1.05 bits per heavy atom. The van der Waals surface area contributed by atoms with Crippen LogP contribution in [0.25, 0.3) is 11.3 Å². The van der Waals surface area contributed by atoms with E-state index in [2.05, 4.69) is 9.97 Å². The van der Waals surface area contributed by atoms with Crippen molar-refractivity contribution in [2.45, 2.75) is 13.5 Å². The van der Waals surface area contributed by atoms with E-state index in [4.69, 9.17) is 13.9 Å². The van der Waals surface area contributed by atoms with Crippen LogP contribution >= 0.6 is 0 Å². The molecular weight excluding hydrogens is 280 g/mol. The molecule has 0 saturated heterocycles. The number of aromatic nitrogens is 2. The first-order valence-electron chi connectivity index (χ1n) is 6.90. The first kappa shape index (κ1) is 14.1. The zero-order valence-electron chi connectivity index (χ0n) is 12.4. The second-order valence-electron chi connectivity index (χ2n) is 4.69. The van der Waals surface area contributed by atoms with Crippen LogP contribution in [-0.2, 0) is 6.61 Å². The van der Waals surface area contributed by atoms with Crippen molar-refractivity contribution in [3.8, 4) is 22.8 Å². The predicted molar refractivity (Wildman–Crippen MR) is 81.8 cm³/mol. The van der Waals surface area contributed by atoms with E-state index in [1.54, 1.807) is 19.5 Å². The number of para-hydroxylation sites is 1. The number of methoxy groups -OCH3 is 1. The van der Waals surface area contributed by atoms with E-state index in [1.807, 2.05) is 43.3 Å². The predicted octanol–water partition coefficient (Wildman–Crippen LogP) is 3.63. The van der Waals surface area contributed by atoms with Gasteiger partial charge in [0.15, 0.2) is 12.4 Å². The topological polar surface area (TPSA) is 57.4 Å². The van der Waals surface area contributed by atoms with Crippen molar-refractivity contribution < 1.29 is 13.9 Å². The summed E-state index contributed by atoms with van der Waals surface area (Å²) in [5.74, 6) is 2.62. The lowest BCUT2D eigenvalue weighted by atomic mass is 10.1. The Bertz CT molecular complexity index is 768. The van der Waals surface area contributed by atoms with E-state index < -0.39 is 0 Å². The van der Waals surface area contributed by atoms with Gasteiger partial charge in [-0.25, -0.2) is 4.98 Å². The van der Waals surface area contributed by atoms with Crippen LogP contribution in [0.1, 0.15) is 11.6 Å². The molecule has 0 atom stereocenters. The fourth-order valence-electron chi connectivity index (χ4n) is 2.11. The van der Waals surface area contributed by atoms with Crippen molar-refractivity contribution in [3.63, 3.8) is 0 Å². The Kier molecular flexibility index (Phi) is 4.05. The normalized spacial score (nSPS) is 10.5. The molecule has 0 unspecified atom stereocenters. The van der Waals surface area contributed by atoms with Gasteiger partial charge in [-0.15, -0.1) is 0 Å². The maximum atomic E-state index is 5.74. The van der Waals surface area contributed by atoms with Crippen molar-refractivity contribution in [2.24, 2.45) is 0 Å². The molecule has 3 aromatic rings. The number of nitrogens with zero attached hydrogens (tertiary/aromatic N) is 2. The van der Waals surface area contributed by atoms with Crippen molar-refractivity contribution in [1.29, 1.82) is 0 Å². The number of rotatable bonds is 5. The van der Waals surface area contributed by atoms with Gasteiger partial charge in [0.05, 0.1) is 24.6 Å². The minimum absolute atomic E-state index is 0.252. The molecule has 0 spiro atoms. The lowest BCUT2D eigenvalue weighted by Gasteiger charge is -2.06. The number of hydrogen-bond acceptors (Lipinski definition) is 5. The Labute approximate surface area is 128 Å². The average Bonchev–Trinajstić information content (AvgIpc) is 3.03. The third-order valence-corrected chi connectivity index (χ3v) is 3.24. The van der Waals surface area contributed by atoms with E-state index >= 15 is 0 Å². The van der Waals surface area contributed by atoms with E-state index in [0.29, 0.717) is 11.7 Å². The van der Waals surface area contributed by atoms with Crippen LogP contribution in [-0.4, -0.2) is 17.1 Å². The molecule has 3 rings (SSSR count). The van der Waals surface area contributed by atoms with Gasteiger partial charge in [-0.2, -0.15) is 0 Å². The van der Waals surface area contributed by atoms with Crippen LogP contribution < -0.4 is 9.47 Å². The first-order chi connectivity index (χ1) is 10.8. The van der Waals surface area contributed by atoms with Crippen LogP contribution in [0.5, 0.6) is 11.5 Å². The molecule has 1 aromatic carbocycles. The summed E-state index contributed by atoms with van der Waals surface area (Å²) in [7, 11) is 1.63. The van der Waals surface area contributed by atoms with Gasteiger partial charge in [-0.05, 0) is 31.2 Å². The number of ether oxygens (including phenoxy) is 2. The van der Waals surface area contributed by atoms with Gasteiger partial charge in [0, 0.05) is 6.20 Å². The highest BCUT2D eigenvalue weighted by Crippen LogP contribution is 2.30. The summed E-state index contributed by atoms with van der Waals surface area (Å²) in [6.45, 7) is 2.15. The lowest BCUT2D eigenvalue weighted by Crippen LogP contribution is -1.97. The zero-order valence-corrected chi connectivity index (χ0v) is 12.4. The molecule has 0 saturated carbocycles. The average molecular weight is 296 g/mol. The third kappa shape index (κ3) is 2.93. The summed E-state index contributed by atoms with van der Waals surface area (Å²) in [4.78, 5) is 8.42. The summed E-state index contributed by atoms with van der Waals surface area (Å²) < 4.78 is 16.7. The molecule has 2 heterocycles. The minimum Gasteiger partial charge on any atom is -0.496 e. The van der Waals surface area contributed by atoms with Gasteiger partial charge >= 0.3 is 0 Å². The number of aryl methyl sites for hydroxylation is 1. The van der Waals surface area contributed by atoms with Crippen molar-refractivity contribution in [2.75, 3.05) is 7.11 Å². The first-order valence-corrected chi connectivity index (χ1v) is 6.90. The van der Waals surface area contributed by atoms with Gasteiger partial charge in [-0.1, -0.05) is 12.1 Å². The maximum absolute atomic E-state index is 5.74. The van der Waals surface area contributed by atoms with Crippen molar-refractivity contribution >= 4 is 0 Å². The quantitative estimate of drug-likeness (QED) is 0.719. The van der Waals surface area contributed by atoms with E-state index in [0.717, 1.165) is 22.8 Å². The molecule has 0 bridgehead atoms. The van der Waals surface area contributed by atoms with E-state index in [1.165, 1.54) is 0 Å². The molecule has 5 heteroatoms. The number of pyridine rings is 1. The van der Waals surface area contributed by atoms with Crippen LogP contribution in [0.15, 0.2) is 53.2 Å². The van der Waals surface area contributed by atoms with Crippen LogP contribution in [0.2, 0.25) is 0 Å². The number of oxazole rings is 1.